The lowest BCUT2D eigenvalue weighted by Crippen LogP contribution is -1.95. The van der Waals surface area contributed by atoms with Crippen LogP contribution in [0.2, 0.25) is 0 Å². The van der Waals surface area contributed by atoms with Crippen molar-refractivity contribution >= 4 is 0 Å². The van der Waals surface area contributed by atoms with Gasteiger partial charge in [0.15, 0.2) is 17.3 Å². The second kappa shape index (κ2) is 3.18. The molecule has 0 atom stereocenters. The highest BCUT2D eigenvalue weighted by Crippen LogP contribution is 2.26. The number of hydrogen-bond acceptors (Lipinski definition) is 3. The van der Waals surface area contributed by atoms with Gasteiger partial charge in [0.05, 0.1) is 19.0 Å². The molecule has 1 heterocycles. The van der Waals surface area contributed by atoms with E-state index >= 15 is 0 Å². The molecule has 0 radical (unpaired) electrons. The van der Waals surface area contributed by atoms with E-state index in [4.69, 9.17) is 9.84 Å². The van der Waals surface area contributed by atoms with Crippen LogP contribution in [0, 0.1) is 5.82 Å². The molecule has 0 aliphatic rings. The van der Waals surface area contributed by atoms with Gasteiger partial charge >= 0.3 is 0 Å². The zero-order valence-electron chi connectivity index (χ0n) is 6.04. The van der Waals surface area contributed by atoms with Crippen LogP contribution in [0.1, 0.15) is 6.92 Å². The summed E-state index contributed by atoms with van der Waals surface area (Å²) < 4.78 is 17.5. The van der Waals surface area contributed by atoms with Gasteiger partial charge in [0.2, 0.25) is 0 Å². The highest BCUT2D eigenvalue weighted by molar-refractivity contribution is 5.36. The van der Waals surface area contributed by atoms with Gasteiger partial charge in [-0.15, -0.1) is 0 Å². The minimum atomic E-state index is -0.646. The third-order valence-corrected chi connectivity index (χ3v) is 1.12. The van der Waals surface area contributed by atoms with Crippen LogP contribution < -0.4 is 4.74 Å². The first-order chi connectivity index (χ1) is 5.25. The SMILES string of the molecule is CCOc1c(O)cncc1F. The first-order valence-electron chi connectivity index (χ1n) is 3.21. The van der Waals surface area contributed by atoms with Crippen LogP contribution in [0.4, 0.5) is 4.39 Å². The van der Waals surface area contributed by atoms with Crippen molar-refractivity contribution in [2.24, 2.45) is 0 Å². The summed E-state index contributed by atoms with van der Waals surface area (Å²) in [4.78, 5) is 3.42. The van der Waals surface area contributed by atoms with E-state index in [1.807, 2.05) is 0 Å². The van der Waals surface area contributed by atoms with Crippen molar-refractivity contribution in [3.63, 3.8) is 0 Å². The Balaban J connectivity index is 3.00. The average molecular weight is 157 g/mol. The van der Waals surface area contributed by atoms with Crippen LogP contribution in [-0.4, -0.2) is 16.7 Å². The largest absolute Gasteiger partial charge is 0.503 e. The maximum absolute atomic E-state index is 12.7. The molecule has 0 amide bonds. The predicted molar refractivity (Wildman–Crippen MR) is 37.0 cm³/mol. The smallest absolute Gasteiger partial charge is 0.200 e. The van der Waals surface area contributed by atoms with E-state index in [-0.39, 0.29) is 11.5 Å². The Hall–Kier alpha value is -1.32. The number of pyridine rings is 1. The van der Waals surface area contributed by atoms with Crippen molar-refractivity contribution < 1.29 is 14.2 Å². The molecule has 3 nitrogen and oxygen atoms in total. The molecule has 0 saturated carbocycles. The lowest BCUT2D eigenvalue weighted by Gasteiger charge is -2.04. The number of aromatic nitrogens is 1. The molecular formula is C7H8FNO2. The highest BCUT2D eigenvalue weighted by Gasteiger charge is 2.07. The van der Waals surface area contributed by atoms with Crippen LogP contribution in [0.15, 0.2) is 12.4 Å². The normalized spacial score (nSPS) is 9.64. The Morgan fingerprint density at radius 1 is 1.64 bits per heavy atom. The lowest BCUT2D eigenvalue weighted by molar-refractivity contribution is 0.299. The summed E-state index contributed by atoms with van der Waals surface area (Å²) in [6.07, 6.45) is 2.12. The van der Waals surface area contributed by atoms with E-state index in [1.165, 1.54) is 0 Å². The summed E-state index contributed by atoms with van der Waals surface area (Å²) in [5, 5.41) is 8.99. The predicted octanol–water partition coefficient (Wildman–Crippen LogP) is 1.32. The minimum absolute atomic E-state index is 0.137. The molecular weight excluding hydrogens is 149 g/mol. The standard InChI is InChI=1S/C7H8FNO2/c1-2-11-7-5(8)3-9-4-6(7)10/h3-4,10H,2H2,1H3. The maximum Gasteiger partial charge on any atom is 0.200 e. The molecule has 0 bridgehead atoms. The van der Waals surface area contributed by atoms with Crippen LogP contribution >= 0.6 is 0 Å². The summed E-state index contributed by atoms with van der Waals surface area (Å²) in [5.74, 6) is -1.05. The monoisotopic (exact) mass is 157 g/mol. The Kier molecular flexibility index (Phi) is 2.25. The fraction of sp³-hybridized carbons (Fsp3) is 0.286. The van der Waals surface area contributed by atoms with Crippen molar-refractivity contribution in [3.05, 3.63) is 18.2 Å². The Morgan fingerprint density at radius 3 is 2.91 bits per heavy atom. The topological polar surface area (TPSA) is 42.4 Å². The molecule has 0 aliphatic carbocycles. The van der Waals surface area contributed by atoms with Gasteiger partial charge in [0.1, 0.15) is 0 Å². The molecule has 60 valence electrons. The van der Waals surface area contributed by atoms with E-state index in [0.717, 1.165) is 12.4 Å². The van der Waals surface area contributed by atoms with Crippen LogP contribution in [0.25, 0.3) is 0 Å². The Morgan fingerprint density at radius 2 is 2.36 bits per heavy atom. The van der Waals surface area contributed by atoms with Gasteiger partial charge < -0.3 is 9.84 Å². The lowest BCUT2D eigenvalue weighted by atomic mass is 10.4. The number of ether oxygens (including phenoxy) is 1. The maximum atomic E-state index is 12.7. The third-order valence-electron chi connectivity index (χ3n) is 1.12. The van der Waals surface area contributed by atoms with E-state index in [0.29, 0.717) is 6.61 Å². The van der Waals surface area contributed by atoms with Gasteiger partial charge in [0.25, 0.3) is 0 Å². The molecule has 0 aliphatic heterocycles. The molecule has 0 aromatic carbocycles. The summed E-state index contributed by atoms with van der Waals surface area (Å²) in [6, 6.07) is 0. The molecule has 1 aromatic heterocycles. The zero-order valence-corrected chi connectivity index (χ0v) is 6.04. The zero-order chi connectivity index (χ0) is 8.27. The number of rotatable bonds is 2. The van der Waals surface area contributed by atoms with Crippen LogP contribution in [-0.2, 0) is 0 Å². The summed E-state index contributed by atoms with van der Waals surface area (Å²) >= 11 is 0. The van der Waals surface area contributed by atoms with Gasteiger partial charge in [-0.25, -0.2) is 4.39 Å². The van der Waals surface area contributed by atoms with Crippen molar-refractivity contribution in [2.45, 2.75) is 6.92 Å². The third kappa shape index (κ3) is 1.58. The molecule has 11 heavy (non-hydrogen) atoms. The highest BCUT2D eigenvalue weighted by atomic mass is 19.1. The van der Waals surface area contributed by atoms with Gasteiger partial charge in [-0.2, -0.15) is 0 Å². The van der Waals surface area contributed by atoms with Crippen molar-refractivity contribution in [1.29, 1.82) is 0 Å². The van der Waals surface area contributed by atoms with Gasteiger partial charge in [-0.1, -0.05) is 0 Å². The molecule has 0 saturated heterocycles. The average Bonchev–Trinajstić information content (AvgIpc) is 1.97. The van der Waals surface area contributed by atoms with Crippen molar-refractivity contribution in [2.75, 3.05) is 6.61 Å². The minimum Gasteiger partial charge on any atom is -0.503 e. The number of nitrogens with zero attached hydrogens (tertiary/aromatic N) is 1. The van der Waals surface area contributed by atoms with E-state index < -0.39 is 5.82 Å². The number of aromatic hydroxyl groups is 1. The van der Waals surface area contributed by atoms with Gasteiger partial charge in [0, 0.05) is 0 Å². The van der Waals surface area contributed by atoms with E-state index in [1.54, 1.807) is 6.92 Å². The second-order valence-electron chi connectivity index (χ2n) is 1.90. The summed E-state index contributed by atoms with van der Waals surface area (Å²) in [5.41, 5.74) is 0. The van der Waals surface area contributed by atoms with E-state index in [9.17, 15) is 4.39 Å². The fourth-order valence-corrected chi connectivity index (χ4v) is 0.700. The van der Waals surface area contributed by atoms with Crippen molar-refractivity contribution in [3.8, 4) is 11.5 Å². The second-order valence-corrected chi connectivity index (χ2v) is 1.90. The molecule has 0 spiro atoms. The first-order valence-corrected chi connectivity index (χ1v) is 3.21. The van der Waals surface area contributed by atoms with Crippen molar-refractivity contribution in [1.82, 2.24) is 4.98 Å². The Bertz CT molecular complexity index is 232. The quantitative estimate of drug-likeness (QED) is 0.704. The number of halogens is 1. The Labute approximate surface area is 63.5 Å². The van der Waals surface area contributed by atoms with E-state index in [2.05, 4.69) is 4.98 Å². The fourth-order valence-electron chi connectivity index (χ4n) is 0.700. The molecule has 1 aromatic rings. The number of hydrogen-bond donors (Lipinski definition) is 1. The summed E-state index contributed by atoms with van der Waals surface area (Å²) in [7, 11) is 0. The molecule has 1 N–H and O–H groups in total. The molecule has 4 heteroatoms. The first kappa shape index (κ1) is 7.78. The summed E-state index contributed by atoms with van der Waals surface area (Å²) in [6.45, 7) is 2.02. The molecule has 0 fully saturated rings. The van der Waals surface area contributed by atoms with Crippen LogP contribution in [0.3, 0.4) is 0 Å². The van der Waals surface area contributed by atoms with Gasteiger partial charge in [-0.3, -0.25) is 4.98 Å². The molecule has 0 unspecified atom stereocenters. The van der Waals surface area contributed by atoms with Gasteiger partial charge in [-0.05, 0) is 6.92 Å². The molecule has 1 rings (SSSR count). The van der Waals surface area contributed by atoms with Crippen LogP contribution in [0.5, 0.6) is 11.5 Å².